The fourth-order valence-electron chi connectivity index (χ4n) is 5.90. The fraction of sp³-hybridized carbons (Fsp3) is 0.359. The van der Waals surface area contributed by atoms with Crippen LogP contribution in [0.2, 0.25) is 0 Å². The van der Waals surface area contributed by atoms with E-state index in [4.69, 9.17) is 15.2 Å². The average molecular weight is 725 g/mol. The largest absolute Gasteiger partial charge is 0.494 e. The van der Waals surface area contributed by atoms with Crippen LogP contribution in [0.15, 0.2) is 77.6 Å². The van der Waals surface area contributed by atoms with Crippen LogP contribution in [0, 0.1) is 0 Å². The number of anilines is 2. The maximum absolute atomic E-state index is 13.5. The van der Waals surface area contributed by atoms with Crippen LogP contribution in [0.1, 0.15) is 76.9 Å². The summed E-state index contributed by atoms with van der Waals surface area (Å²) >= 11 is 1.49. The van der Waals surface area contributed by atoms with Gasteiger partial charge in [-0.15, -0.1) is 11.3 Å². The van der Waals surface area contributed by atoms with Crippen molar-refractivity contribution in [1.82, 2.24) is 15.2 Å². The number of hydrogen-bond donors (Lipinski definition) is 4. The van der Waals surface area contributed by atoms with E-state index in [1.165, 1.54) is 11.3 Å². The molecule has 13 heteroatoms. The van der Waals surface area contributed by atoms with Crippen molar-refractivity contribution in [3.8, 4) is 11.5 Å². The Hall–Kier alpha value is -5.27. The Morgan fingerprint density at radius 1 is 1.00 bits per heavy atom. The second-order valence-electron chi connectivity index (χ2n) is 13.1. The Morgan fingerprint density at radius 2 is 1.79 bits per heavy atom. The number of carbonyl (C=O) groups excluding carboxylic acids is 4. The second-order valence-corrected chi connectivity index (χ2v) is 13.8. The molecule has 2 aliphatic rings. The van der Waals surface area contributed by atoms with Crippen molar-refractivity contribution in [3.63, 3.8) is 0 Å². The molecule has 1 saturated carbocycles. The monoisotopic (exact) mass is 724 g/mol. The molecule has 5 N–H and O–H groups in total. The molecule has 4 aromatic rings. The van der Waals surface area contributed by atoms with E-state index in [9.17, 15) is 19.2 Å². The van der Waals surface area contributed by atoms with Gasteiger partial charge in [-0.2, -0.15) is 0 Å². The Kier molecular flexibility index (Phi) is 12.5. The third-order valence-corrected chi connectivity index (χ3v) is 9.54. The second kappa shape index (κ2) is 17.8. The highest BCUT2D eigenvalue weighted by atomic mass is 32.1. The van der Waals surface area contributed by atoms with Crippen molar-refractivity contribution in [1.29, 1.82) is 0 Å². The van der Waals surface area contributed by atoms with Crippen molar-refractivity contribution < 1.29 is 28.7 Å². The normalized spacial score (nSPS) is 14.0. The van der Waals surface area contributed by atoms with Gasteiger partial charge in [0.15, 0.2) is 6.61 Å². The Balaban J connectivity index is 0.891. The van der Waals surface area contributed by atoms with Crippen LogP contribution in [-0.4, -0.2) is 65.4 Å². The van der Waals surface area contributed by atoms with Gasteiger partial charge in [-0.05, 0) is 73.7 Å². The summed E-state index contributed by atoms with van der Waals surface area (Å²) in [6, 6.07) is 19.3. The Bertz CT molecular complexity index is 1850. The maximum Gasteiger partial charge on any atom is 0.262 e. The number of fused-ring (bicyclic) bond motifs is 1. The van der Waals surface area contributed by atoms with Crippen molar-refractivity contribution in [3.05, 3.63) is 100 Å². The van der Waals surface area contributed by atoms with Crippen molar-refractivity contribution in [2.24, 2.45) is 5.73 Å². The summed E-state index contributed by atoms with van der Waals surface area (Å²) in [6.45, 7) is 1.52. The smallest absolute Gasteiger partial charge is 0.262 e. The first kappa shape index (κ1) is 36.5. The molecule has 2 heterocycles. The molecular weight excluding hydrogens is 681 g/mol. The number of nitrogens with zero attached hydrogens (tertiary/aromatic N) is 2. The van der Waals surface area contributed by atoms with Crippen molar-refractivity contribution in [2.75, 3.05) is 30.4 Å². The zero-order valence-electron chi connectivity index (χ0n) is 29.0. The molecule has 6 rings (SSSR count). The molecule has 0 unspecified atom stereocenters. The number of ether oxygens (including phenoxy) is 2. The van der Waals surface area contributed by atoms with Gasteiger partial charge in [0.2, 0.25) is 5.91 Å². The zero-order chi connectivity index (χ0) is 36.3. The first-order chi connectivity index (χ1) is 25.3. The highest BCUT2D eigenvalue weighted by molar-refractivity contribution is 7.07. The molecule has 1 atom stereocenters. The zero-order valence-corrected chi connectivity index (χ0v) is 29.8. The number of thiazole rings is 1. The van der Waals surface area contributed by atoms with Gasteiger partial charge in [-0.1, -0.05) is 37.5 Å². The molecule has 52 heavy (non-hydrogen) atoms. The lowest BCUT2D eigenvalue weighted by molar-refractivity contribution is -0.122. The minimum atomic E-state index is -0.579. The summed E-state index contributed by atoms with van der Waals surface area (Å²) in [6.07, 6.45) is 7.20. The average Bonchev–Trinajstić information content (AvgIpc) is 3.87. The number of nitrogens with two attached hydrogens (primary N) is 1. The summed E-state index contributed by atoms with van der Waals surface area (Å²) in [5.41, 5.74) is 11.7. The van der Waals surface area contributed by atoms with Gasteiger partial charge in [0.1, 0.15) is 11.5 Å². The van der Waals surface area contributed by atoms with Gasteiger partial charge in [0.25, 0.3) is 17.7 Å². The summed E-state index contributed by atoms with van der Waals surface area (Å²) in [5.74, 6) is 0.473. The minimum absolute atomic E-state index is 0.0740. The van der Waals surface area contributed by atoms with Crippen LogP contribution in [0.3, 0.4) is 0 Å². The lowest BCUT2D eigenvalue weighted by Crippen LogP contribution is -2.42. The standard InChI is InChI=1S/C39H44N6O6S/c40-33(21-30-24-52-25-42-30)38(48)41-17-4-2-1-3-5-18-50-32-8-6-7-29(20-32)43-37(47)27-11-9-26(10-12-27)22-45(31-14-15-31)39(49)28-13-16-34-35(19-28)51-23-36(46)44-34/h6-13,16,19-20,24-25,31,33H,1-5,14-15,17-18,21-23,40H2,(H,41,48)(H,43,47)(H,44,46)/t33-/m0/s1. The molecule has 4 amide bonds. The molecule has 1 aromatic heterocycles. The number of rotatable bonds is 18. The van der Waals surface area contributed by atoms with Gasteiger partial charge in [-0.25, -0.2) is 4.98 Å². The van der Waals surface area contributed by atoms with Crippen LogP contribution in [0.25, 0.3) is 0 Å². The molecule has 3 aromatic carbocycles. The third-order valence-electron chi connectivity index (χ3n) is 8.91. The lowest BCUT2D eigenvalue weighted by atomic mass is 10.1. The summed E-state index contributed by atoms with van der Waals surface area (Å²) in [7, 11) is 0. The highest BCUT2D eigenvalue weighted by Gasteiger charge is 2.33. The predicted octanol–water partition coefficient (Wildman–Crippen LogP) is 5.55. The van der Waals surface area contributed by atoms with Crippen LogP contribution in [0.4, 0.5) is 11.4 Å². The van der Waals surface area contributed by atoms with Gasteiger partial charge in [0, 0.05) is 53.8 Å². The number of carbonyl (C=O) groups is 4. The molecule has 0 bridgehead atoms. The van der Waals surface area contributed by atoms with E-state index in [2.05, 4.69) is 20.9 Å². The molecular formula is C39H44N6O6S. The van der Waals surface area contributed by atoms with Crippen molar-refractivity contribution in [2.45, 2.75) is 70.0 Å². The lowest BCUT2D eigenvalue weighted by Gasteiger charge is -2.24. The Labute approximate surface area is 307 Å². The predicted molar refractivity (Wildman–Crippen MR) is 200 cm³/mol. The fourth-order valence-corrected chi connectivity index (χ4v) is 6.47. The first-order valence-corrected chi connectivity index (χ1v) is 18.7. The molecule has 0 spiro atoms. The first-order valence-electron chi connectivity index (χ1n) is 17.7. The molecule has 1 aliphatic carbocycles. The number of unbranched alkanes of at least 4 members (excludes halogenated alkanes) is 4. The third kappa shape index (κ3) is 10.4. The summed E-state index contributed by atoms with van der Waals surface area (Å²) in [5, 5.41) is 10.5. The van der Waals surface area contributed by atoms with Gasteiger partial charge in [-0.3, -0.25) is 19.2 Å². The summed E-state index contributed by atoms with van der Waals surface area (Å²) < 4.78 is 11.4. The summed E-state index contributed by atoms with van der Waals surface area (Å²) in [4.78, 5) is 56.4. The highest BCUT2D eigenvalue weighted by Crippen LogP contribution is 2.33. The molecule has 272 valence electrons. The quantitative estimate of drug-likeness (QED) is 0.0971. The molecule has 1 fully saturated rings. The van der Waals surface area contributed by atoms with Crippen LogP contribution < -0.4 is 31.2 Å². The number of hydrogen-bond acceptors (Lipinski definition) is 9. The van der Waals surface area contributed by atoms with E-state index >= 15 is 0 Å². The SMILES string of the molecule is N[C@@H](Cc1cscn1)C(=O)NCCCCCCCOc1cccc(NC(=O)c2ccc(CN(C(=O)c3ccc4c(c3)OCC(=O)N4)C3CC3)cc2)c1. The van der Waals surface area contributed by atoms with E-state index in [-0.39, 0.29) is 36.3 Å². The number of amides is 4. The maximum atomic E-state index is 13.5. The topological polar surface area (TPSA) is 165 Å². The van der Waals surface area contributed by atoms with E-state index in [0.717, 1.165) is 56.2 Å². The minimum Gasteiger partial charge on any atom is -0.494 e. The number of benzene rings is 3. The van der Waals surface area contributed by atoms with E-state index in [0.29, 0.717) is 60.1 Å². The van der Waals surface area contributed by atoms with Gasteiger partial charge in [0.05, 0.1) is 29.5 Å². The van der Waals surface area contributed by atoms with Crippen LogP contribution in [-0.2, 0) is 22.6 Å². The van der Waals surface area contributed by atoms with Crippen LogP contribution in [0.5, 0.6) is 11.5 Å². The molecule has 0 saturated heterocycles. The molecule has 0 radical (unpaired) electrons. The van der Waals surface area contributed by atoms with Crippen LogP contribution >= 0.6 is 11.3 Å². The molecule has 12 nitrogen and oxygen atoms in total. The van der Waals surface area contributed by atoms with Crippen molar-refractivity contribution >= 4 is 46.3 Å². The van der Waals surface area contributed by atoms with E-state index < -0.39 is 6.04 Å². The van der Waals surface area contributed by atoms with E-state index in [1.807, 2.05) is 46.7 Å². The number of nitrogens with one attached hydrogen (secondary N) is 3. The van der Waals surface area contributed by atoms with Gasteiger partial charge < -0.3 is 36.1 Å². The van der Waals surface area contributed by atoms with Gasteiger partial charge >= 0.3 is 0 Å². The number of aromatic nitrogens is 1. The Morgan fingerprint density at radius 3 is 2.58 bits per heavy atom. The van der Waals surface area contributed by atoms with E-state index in [1.54, 1.807) is 35.8 Å². The molecule has 1 aliphatic heterocycles.